The molecule has 0 saturated heterocycles. The third-order valence-corrected chi connectivity index (χ3v) is 12.1. The third-order valence-electron chi connectivity index (χ3n) is 7.77. The number of para-hydroxylation sites is 1. The van der Waals surface area contributed by atoms with Crippen molar-refractivity contribution in [1.82, 2.24) is 0 Å². The molecule has 0 radical (unpaired) electrons. The highest BCUT2D eigenvalue weighted by Gasteiger charge is 2.34. The molecule has 0 amide bonds. The summed E-state index contributed by atoms with van der Waals surface area (Å²) >= 11 is 0. The van der Waals surface area contributed by atoms with Gasteiger partial charge in [-0.25, -0.2) is 0 Å². The van der Waals surface area contributed by atoms with E-state index in [0.29, 0.717) is 12.3 Å². The van der Waals surface area contributed by atoms with Crippen LogP contribution in [0.3, 0.4) is 0 Å². The number of carbonyl (C=O) groups is 1. The zero-order valence-electron chi connectivity index (χ0n) is 24.7. The van der Waals surface area contributed by atoms with Crippen molar-refractivity contribution in [3.63, 3.8) is 0 Å². The SMILES string of the molecule is CN(Cc1ccccc1)c1ccccc1C(C(=O)/C=C/c1ccco1)=P(c1ccccc1)(c1ccccc1)c1ccccc1. The minimum atomic E-state index is -2.74. The van der Waals surface area contributed by atoms with E-state index in [1.54, 1.807) is 18.4 Å². The summed E-state index contributed by atoms with van der Waals surface area (Å²) in [6.07, 6.45) is 5.07. The summed E-state index contributed by atoms with van der Waals surface area (Å²) in [4.78, 5) is 17.2. The number of carbonyl (C=O) groups excluding carboxylic acids is 1. The lowest BCUT2D eigenvalue weighted by Gasteiger charge is -2.34. The monoisotopic (exact) mass is 591 g/mol. The third kappa shape index (κ3) is 5.88. The Balaban J connectivity index is 1.74. The predicted molar refractivity (Wildman–Crippen MR) is 187 cm³/mol. The van der Waals surface area contributed by atoms with E-state index in [1.165, 1.54) is 5.56 Å². The molecule has 0 atom stereocenters. The fourth-order valence-corrected chi connectivity index (χ4v) is 10.3. The highest BCUT2D eigenvalue weighted by atomic mass is 31.2. The highest BCUT2D eigenvalue weighted by Crippen LogP contribution is 2.49. The van der Waals surface area contributed by atoms with Gasteiger partial charge >= 0.3 is 0 Å². The molecule has 0 bridgehead atoms. The molecule has 6 aromatic rings. The Labute approximate surface area is 259 Å². The Bertz CT molecular complexity index is 1790. The molecule has 3 nitrogen and oxygen atoms in total. The van der Waals surface area contributed by atoms with Crippen LogP contribution in [0.25, 0.3) is 6.08 Å². The Morgan fingerprint density at radius 3 is 1.66 bits per heavy atom. The van der Waals surface area contributed by atoms with Crippen LogP contribution in [0, 0.1) is 0 Å². The van der Waals surface area contributed by atoms with Crippen LogP contribution in [0.1, 0.15) is 16.9 Å². The molecule has 5 aromatic carbocycles. The smallest absolute Gasteiger partial charge is 0.187 e. The Hall–Kier alpha value is -5.11. The summed E-state index contributed by atoms with van der Waals surface area (Å²) in [5.74, 6) is 0.585. The van der Waals surface area contributed by atoms with Crippen molar-refractivity contribution in [3.8, 4) is 0 Å². The molecule has 0 saturated carbocycles. The number of hydrogen-bond donors (Lipinski definition) is 0. The van der Waals surface area contributed by atoms with Crippen molar-refractivity contribution in [3.05, 3.63) is 187 Å². The van der Waals surface area contributed by atoms with Crippen LogP contribution in [0.15, 0.2) is 174 Å². The van der Waals surface area contributed by atoms with E-state index in [1.807, 2.05) is 42.5 Å². The van der Waals surface area contributed by atoms with Crippen LogP contribution in [0.2, 0.25) is 0 Å². The van der Waals surface area contributed by atoms with Gasteiger partial charge in [0.05, 0.1) is 6.26 Å². The van der Waals surface area contributed by atoms with Gasteiger partial charge in [-0.15, -0.1) is 0 Å². The van der Waals surface area contributed by atoms with Crippen molar-refractivity contribution < 1.29 is 9.21 Å². The maximum absolute atomic E-state index is 15.0. The van der Waals surface area contributed by atoms with E-state index >= 15 is 0 Å². The average molecular weight is 592 g/mol. The molecule has 0 aliphatic rings. The fourth-order valence-electron chi connectivity index (χ4n) is 5.84. The first-order valence-electron chi connectivity index (χ1n) is 14.7. The summed E-state index contributed by atoms with van der Waals surface area (Å²) in [6.45, 7) is -2.04. The van der Waals surface area contributed by atoms with Crippen LogP contribution in [-0.2, 0) is 11.3 Å². The molecule has 0 aliphatic carbocycles. The molecule has 1 heterocycles. The Morgan fingerprint density at radius 2 is 1.14 bits per heavy atom. The zero-order valence-corrected chi connectivity index (χ0v) is 25.6. The van der Waals surface area contributed by atoms with Gasteiger partial charge in [0.2, 0.25) is 0 Å². The van der Waals surface area contributed by atoms with Gasteiger partial charge in [0.25, 0.3) is 0 Å². The molecule has 0 aliphatic heterocycles. The number of furan rings is 1. The molecule has 1 aromatic heterocycles. The van der Waals surface area contributed by atoms with E-state index in [0.717, 1.165) is 32.5 Å². The van der Waals surface area contributed by atoms with Gasteiger partial charge in [-0.1, -0.05) is 140 Å². The van der Waals surface area contributed by atoms with E-state index < -0.39 is 6.89 Å². The molecule has 216 valence electrons. The lowest BCUT2D eigenvalue weighted by atomic mass is 10.0. The van der Waals surface area contributed by atoms with E-state index in [2.05, 4.69) is 127 Å². The van der Waals surface area contributed by atoms with Crippen LogP contribution < -0.4 is 20.8 Å². The molecule has 0 spiro atoms. The van der Waals surface area contributed by atoms with Gasteiger partial charge in [0.15, 0.2) is 5.78 Å². The fraction of sp³-hybridized carbons (Fsp3) is 0.0500. The van der Waals surface area contributed by atoms with Crippen molar-refractivity contribution >= 4 is 45.6 Å². The molecule has 4 heteroatoms. The first-order chi connectivity index (χ1) is 21.7. The normalized spacial score (nSPS) is 11.4. The second-order valence-corrected chi connectivity index (χ2v) is 13.9. The van der Waals surface area contributed by atoms with Crippen molar-refractivity contribution in [2.45, 2.75) is 6.54 Å². The second kappa shape index (κ2) is 13.5. The topological polar surface area (TPSA) is 33.5 Å². The lowest BCUT2D eigenvalue weighted by molar-refractivity contribution is -0.108. The maximum Gasteiger partial charge on any atom is 0.187 e. The van der Waals surface area contributed by atoms with Crippen molar-refractivity contribution in [1.29, 1.82) is 0 Å². The quantitative estimate of drug-likeness (QED) is 0.121. The van der Waals surface area contributed by atoms with Crippen LogP contribution in [-0.4, -0.2) is 18.1 Å². The van der Waals surface area contributed by atoms with Gasteiger partial charge in [0.1, 0.15) is 5.76 Å². The maximum atomic E-state index is 15.0. The minimum Gasteiger partial charge on any atom is -0.465 e. The van der Waals surface area contributed by atoms with Crippen LogP contribution >= 0.6 is 6.89 Å². The first-order valence-corrected chi connectivity index (χ1v) is 16.5. The standard InChI is InChI=1S/C40H34NO2P/c1-41(31-32-17-6-2-7-18-32)38-27-15-14-26-37(38)40(39(42)29-28-33-19-16-30-43-33)44(34-20-8-3-9-21-34,35-22-10-4-11-23-35)36-24-12-5-13-25-36/h2-30H,31H2,1H3/b29-28+. The summed E-state index contributed by atoms with van der Waals surface area (Å²) in [5, 5.41) is 4.13. The van der Waals surface area contributed by atoms with Gasteiger partial charge in [-0.05, 0) is 58.7 Å². The molecule has 0 N–H and O–H groups in total. The number of anilines is 1. The number of benzene rings is 5. The van der Waals surface area contributed by atoms with Crippen LogP contribution in [0.4, 0.5) is 5.69 Å². The summed E-state index contributed by atoms with van der Waals surface area (Å²) in [7, 11) is 2.10. The van der Waals surface area contributed by atoms with E-state index in [9.17, 15) is 4.79 Å². The number of ketones is 1. The van der Waals surface area contributed by atoms with Gasteiger partial charge in [0, 0.05) is 30.1 Å². The molecular formula is C40H34NO2P. The summed E-state index contributed by atoms with van der Waals surface area (Å²) < 4.78 is 5.59. The highest BCUT2D eigenvalue weighted by molar-refractivity contribution is 7.97. The minimum absolute atomic E-state index is 0.0492. The largest absolute Gasteiger partial charge is 0.465 e. The van der Waals surface area contributed by atoms with Crippen LogP contribution in [0.5, 0.6) is 0 Å². The van der Waals surface area contributed by atoms with Crippen molar-refractivity contribution in [2.24, 2.45) is 0 Å². The lowest BCUT2D eigenvalue weighted by Crippen LogP contribution is -2.34. The molecule has 0 fully saturated rings. The molecule has 6 rings (SSSR count). The molecule has 44 heavy (non-hydrogen) atoms. The predicted octanol–water partition coefficient (Wildman–Crippen LogP) is 7.71. The van der Waals surface area contributed by atoms with E-state index in [4.69, 9.17) is 4.42 Å². The zero-order chi connectivity index (χ0) is 30.2. The van der Waals surface area contributed by atoms with Gasteiger partial charge < -0.3 is 9.32 Å². The average Bonchev–Trinajstić information content (AvgIpc) is 3.62. The number of hydrogen-bond acceptors (Lipinski definition) is 3. The number of allylic oxidation sites excluding steroid dienone is 1. The number of rotatable bonds is 10. The Morgan fingerprint density at radius 1 is 0.636 bits per heavy atom. The number of nitrogens with zero attached hydrogens (tertiary/aromatic N) is 1. The second-order valence-electron chi connectivity index (χ2n) is 10.6. The first kappa shape index (κ1) is 29.0. The summed E-state index contributed by atoms with van der Waals surface area (Å²) in [5.41, 5.74) is 3.12. The van der Waals surface area contributed by atoms with Gasteiger partial charge in [-0.2, -0.15) is 0 Å². The van der Waals surface area contributed by atoms with Gasteiger partial charge in [-0.3, -0.25) is 4.79 Å². The molecular weight excluding hydrogens is 557 g/mol. The Kier molecular flexibility index (Phi) is 8.87. The van der Waals surface area contributed by atoms with Crippen molar-refractivity contribution in [2.75, 3.05) is 11.9 Å². The van der Waals surface area contributed by atoms with E-state index in [-0.39, 0.29) is 5.78 Å². The summed E-state index contributed by atoms with van der Waals surface area (Å²) in [6, 6.07) is 54.0. The molecule has 0 unspecified atom stereocenters.